The Bertz CT molecular complexity index is 789. The zero-order valence-electron chi connectivity index (χ0n) is 11.2. The number of nitrogens with zero attached hydrogens (tertiary/aromatic N) is 5. The van der Waals surface area contributed by atoms with Crippen LogP contribution >= 0.6 is 0 Å². The van der Waals surface area contributed by atoms with Crippen molar-refractivity contribution >= 4 is 5.69 Å². The van der Waals surface area contributed by atoms with Crippen LogP contribution in [0.1, 0.15) is 5.82 Å². The van der Waals surface area contributed by atoms with Crippen molar-refractivity contribution in [3.8, 4) is 17.3 Å². The van der Waals surface area contributed by atoms with Crippen LogP contribution in [0.15, 0.2) is 42.9 Å². The van der Waals surface area contributed by atoms with E-state index in [1.165, 1.54) is 12.1 Å². The number of nitrogens with one attached hydrogen (secondary N) is 1. The van der Waals surface area contributed by atoms with Gasteiger partial charge in [-0.25, -0.2) is 9.97 Å². The maximum atomic E-state index is 10.7. The van der Waals surface area contributed by atoms with E-state index < -0.39 is 4.92 Å². The minimum absolute atomic E-state index is 0.0321. The van der Waals surface area contributed by atoms with Crippen LogP contribution in [-0.2, 0) is 6.61 Å². The smallest absolute Gasteiger partial charge is 0.273 e. The lowest BCUT2D eigenvalue weighted by molar-refractivity contribution is -0.384. The van der Waals surface area contributed by atoms with E-state index in [2.05, 4.69) is 25.1 Å². The standard InChI is InChI=1S/C13H10N6O3/c20-19(21)9-2-1-3-10(6-9)22-8-12-16-13(18-17-12)11-7-14-4-5-15-11/h1-7H,8H2,(H,16,17,18). The normalized spacial score (nSPS) is 10.4. The first-order valence-electron chi connectivity index (χ1n) is 6.27. The van der Waals surface area contributed by atoms with Gasteiger partial charge in [0.1, 0.15) is 18.1 Å². The lowest BCUT2D eigenvalue weighted by Crippen LogP contribution is -1.98. The molecule has 0 atom stereocenters. The molecule has 110 valence electrons. The Labute approximate surface area is 124 Å². The molecule has 3 rings (SSSR count). The average Bonchev–Trinajstić information content (AvgIpc) is 3.03. The fraction of sp³-hybridized carbons (Fsp3) is 0.0769. The van der Waals surface area contributed by atoms with Crippen molar-refractivity contribution in [2.75, 3.05) is 0 Å². The molecule has 0 aliphatic carbocycles. The highest BCUT2D eigenvalue weighted by atomic mass is 16.6. The first kappa shape index (κ1) is 13.6. The Balaban J connectivity index is 1.69. The molecule has 1 aromatic carbocycles. The van der Waals surface area contributed by atoms with Gasteiger partial charge in [0.25, 0.3) is 5.69 Å². The summed E-state index contributed by atoms with van der Waals surface area (Å²) >= 11 is 0. The van der Waals surface area contributed by atoms with Gasteiger partial charge in [-0.15, -0.1) is 0 Å². The van der Waals surface area contributed by atoms with E-state index in [4.69, 9.17) is 4.74 Å². The Morgan fingerprint density at radius 2 is 2.23 bits per heavy atom. The molecule has 9 heteroatoms. The number of nitro benzene ring substituents is 1. The summed E-state index contributed by atoms with van der Waals surface area (Å²) in [5, 5.41) is 17.4. The topological polar surface area (TPSA) is 120 Å². The molecule has 0 saturated carbocycles. The minimum atomic E-state index is -0.479. The molecule has 0 amide bonds. The van der Waals surface area contributed by atoms with Crippen molar-refractivity contribution in [3.05, 3.63) is 58.8 Å². The second-order valence-corrected chi connectivity index (χ2v) is 4.24. The summed E-state index contributed by atoms with van der Waals surface area (Å²) in [7, 11) is 0. The molecule has 0 fully saturated rings. The summed E-state index contributed by atoms with van der Waals surface area (Å²) in [5.41, 5.74) is 0.510. The average molecular weight is 298 g/mol. The fourth-order valence-electron chi connectivity index (χ4n) is 1.73. The number of H-pyrrole nitrogens is 1. The second-order valence-electron chi connectivity index (χ2n) is 4.24. The van der Waals surface area contributed by atoms with Crippen LogP contribution in [0.25, 0.3) is 11.5 Å². The Kier molecular flexibility index (Phi) is 3.69. The summed E-state index contributed by atoms with van der Waals surface area (Å²) in [6, 6.07) is 5.93. The molecule has 3 aromatic rings. The van der Waals surface area contributed by atoms with E-state index in [-0.39, 0.29) is 12.3 Å². The minimum Gasteiger partial charge on any atom is -0.485 e. The van der Waals surface area contributed by atoms with E-state index in [9.17, 15) is 10.1 Å². The molecular weight excluding hydrogens is 288 g/mol. The van der Waals surface area contributed by atoms with E-state index in [1.54, 1.807) is 30.7 Å². The van der Waals surface area contributed by atoms with Gasteiger partial charge < -0.3 is 4.74 Å². The molecule has 0 aliphatic heterocycles. The van der Waals surface area contributed by atoms with Crippen molar-refractivity contribution in [1.29, 1.82) is 0 Å². The number of aromatic nitrogens is 5. The maximum absolute atomic E-state index is 10.7. The summed E-state index contributed by atoms with van der Waals surface area (Å²) < 4.78 is 5.46. The number of hydrogen-bond donors (Lipinski definition) is 1. The largest absolute Gasteiger partial charge is 0.485 e. The van der Waals surface area contributed by atoms with Gasteiger partial charge in [0.05, 0.1) is 17.2 Å². The molecule has 0 spiro atoms. The van der Waals surface area contributed by atoms with Gasteiger partial charge >= 0.3 is 0 Å². The van der Waals surface area contributed by atoms with Gasteiger partial charge in [-0.2, -0.15) is 5.10 Å². The zero-order chi connectivity index (χ0) is 15.4. The lowest BCUT2D eigenvalue weighted by atomic mass is 10.3. The van der Waals surface area contributed by atoms with Gasteiger partial charge in [0.15, 0.2) is 5.82 Å². The van der Waals surface area contributed by atoms with Gasteiger partial charge in [-0.3, -0.25) is 20.2 Å². The molecule has 0 radical (unpaired) electrons. The number of aromatic amines is 1. The molecule has 0 saturated heterocycles. The number of ether oxygens (including phenoxy) is 1. The van der Waals surface area contributed by atoms with Gasteiger partial charge in [0, 0.05) is 18.5 Å². The van der Waals surface area contributed by atoms with Crippen molar-refractivity contribution in [1.82, 2.24) is 25.1 Å². The van der Waals surface area contributed by atoms with Crippen molar-refractivity contribution in [2.45, 2.75) is 6.61 Å². The van der Waals surface area contributed by atoms with Crippen LogP contribution in [0.4, 0.5) is 5.69 Å². The van der Waals surface area contributed by atoms with Crippen molar-refractivity contribution < 1.29 is 9.66 Å². The Hall–Kier alpha value is -3.36. The van der Waals surface area contributed by atoms with Gasteiger partial charge in [-0.05, 0) is 6.07 Å². The third-order valence-electron chi connectivity index (χ3n) is 2.73. The van der Waals surface area contributed by atoms with E-state index >= 15 is 0 Å². The third kappa shape index (κ3) is 3.03. The molecular formula is C13H10N6O3. The Morgan fingerprint density at radius 1 is 1.32 bits per heavy atom. The van der Waals surface area contributed by atoms with Crippen molar-refractivity contribution in [3.63, 3.8) is 0 Å². The van der Waals surface area contributed by atoms with Crippen LogP contribution in [0.5, 0.6) is 5.75 Å². The molecule has 0 aliphatic rings. The van der Waals surface area contributed by atoms with Crippen LogP contribution in [0.2, 0.25) is 0 Å². The van der Waals surface area contributed by atoms with Crippen LogP contribution in [-0.4, -0.2) is 30.1 Å². The predicted octanol–water partition coefficient (Wildman–Crippen LogP) is 1.75. The maximum Gasteiger partial charge on any atom is 0.273 e. The predicted molar refractivity (Wildman–Crippen MR) is 74.8 cm³/mol. The second kappa shape index (κ2) is 5.95. The summed E-state index contributed by atoms with van der Waals surface area (Å²) in [4.78, 5) is 22.5. The van der Waals surface area contributed by atoms with Crippen LogP contribution < -0.4 is 4.74 Å². The Morgan fingerprint density at radius 3 is 3.00 bits per heavy atom. The molecule has 2 heterocycles. The number of benzene rings is 1. The number of non-ortho nitro benzene ring substituents is 1. The van der Waals surface area contributed by atoms with Crippen molar-refractivity contribution in [2.24, 2.45) is 0 Å². The number of rotatable bonds is 5. The number of hydrogen-bond acceptors (Lipinski definition) is 7. The van der Waals surface area contributed by atoms with E-state index in [0.717, 1.165) is 0 Å². The third-order valence-corrected chi connectivity index (χ3v) is 2.73. The zero-order valence-corrected chi connectivity index (χ0v) is 11.2. The molecule has 2 aromatic heterocycles. The van der Waals surface area contributed by atoms with Gasteiger partial charge in [-0.1, -0.05) is 6.07 Å². The summed E-state index contributed by atoms with van der Waals surface area (Å²) in [5.74, 6) is 1.27. The van der Waals surface area contributed by atoms with Gasteiger partial charge in [0.2, 0.25) is 5.82 Å². The SMILES string of the molecule is O=[N+]([O-])c1cccc(OCc2nc(-c3cnccn3)n[nH]2)c1. The lowest BCUT2D eigenvalue weighted by Gasteiger charge is -2.02. The molecule has 22 heavy (non-hydrogen) atoms. The fourth-order valence-corrected chi connectivity index (χ4v) is 1.73. The van der Waals surface area contributed by atoms with E-state index in [1.807, 2.05) is 0 Å². The highest BCUT2D eigenvalue weighted by Gasteiger charge is 2.09. The first-order valence-corrected chi connectivity index (χ1v) is 6.27. The molecule has 0 unspecified atom stereocenters. The van der Waals surface area contributed by atoms with Crippen LogP contribution in [0, 0.1) is 10.1 Å². The monoisotopic (exact) mass is 298 g/mol. The first-order chi connectivity index (χ1) is 10.7. The van der Waals surface area contributed by atoms with E-state index in [0.29, 0.717) is 23.1 Å². The molecule has 9 nitrogen and oxygen atoms in total. The summed E-state index contributed by atoms with van der Waals surface area (Å²) in [6.45, 7) is 0.106. The highest BCUT2D eigenvalue weighted by Crippen LogP contribution is 2.20. The number of nitro groups is 1. The quantitative estimate of drug-likeness (QED) is 0.562. The summed E-state index contributed by atoms with van der Waals surface area (Å²) in [6.07, 6.45) is 4.65. The van der Waals surface area contributed by atoms with Crippen LogP contribution in [0.3, 0.4) is 0 Å². The molecule has 0 bridgehead atoms. The molecule has 1 N–H and O–H groups in total. The highest BCUT2D eigenvalue weighted by molar-refractivity contribution is 5.45.